The second kappa shape index (κ2) is 11.6. The minimum atomic E-state index is -0.312. The van der Waals surface area contributed by atoms with E-state index < -0.39 is 0 Å². The van der Waals surface area contributed by atoms with Crippen LogP contribution >= 0.6 is 11.6 Å². The first kappa shape index (κ1) is 22.9. The maximum Gasteiger partial charge on any atom is 0.180 e. The van der Waals surface area contributed by atoms with Gasteiger partial charge in [-0.3, -0.25) is 4.98 Å². The molecule has 1 N–H and O–H groups in total. The fourth-order valence-corrected chi connectivity index (χ4v) is 3.03. The van der Waals surface area contributed by atoms with Crippen LogP contribution in [0.4, 0.5) is 4.39 Å². The molecular weight excluding hydrogens is 414 g/mol. The van der Waals surface area contributed by atoms with Crippen LogP contribution in [0.1, 0.15) is 23.6 Å². The Morgan fingerprint density at radius 1 is 1.03 bits per heavy atom. The van der Waals surface area contributed by atoms with Gasteiger partial charge in [-0.05, 0) is 42.3 Å². The van der Waals surface area contributed by atoms with E-state index in [0.29, 0.717) is 41.8 Å². The van der Waals surface area contributed by atoms with Gasteiger partial charge in [0.15, 0.2) is 11.5 Å². The van der Waals surface area contributed by atoms with Crippen molar-refractivity contribution < 1.29 is 26.3 Å². The van der Waals surface area contributed by atoms with Crippen LogP contribution in [0, 0.1) is 5.82 Å². The number of hydrogen-bond acceptors (Lipinski definition) is 4. The van der Waals surface area contributed by atoms with Gasteiger partial charge in [-0.15, -0.1) is 0 Å². The number of nitrogens with one attached hydrogen (secondary N) is 1. The molecule has 0 saturated carbocycles. The van der Waals surface area contributed by atoms with Gasteiger partial charge in [0.25, 0.3) is 0 Å². The summed E-state index contributed by atoms with van der Waals surface area (Å²) in [6.45, 7) is 3.75. The monoisotopic (exact) mass is 435 g/mol. The highest BCUT2D eigenvalue weighted by molar-refractivity contribution is 6.32. The first-order valence-electron chi connectivity index (χ1n) is 9.08. The lowest BCUT2D eigenvalue weighted by Gasteiger charge is -2.16. The summed E-state index contributed by atoms with van der Waals surface area (Å²) in [6.07, 6.45) is 3.57. The van der Waals surface area contributed by atoms with Crippen LogP contribution in [-0.4, -0.2) is 11.6 Å². The number of benzene rings is 2. The molecule has 1 aromatic heterocycles. The van der Waals surface area contributed by atoms with E-state index in [1.807, 2.05) is 37.4 Å². The normalized spacial score (nSPS) is 10.3. The zero-order valence-corrected chi connectivity index (χ0v) is 17.5. The van der Waals surface area contributed by atoms with E-state index >= 15 is 0 Å². The van der Waals surface area contributed by atoms with Crippen LogP contribution in [0.2, 0.25) is 5.02 Å². The average molecular weight is 436 g/mol. The molecule has 1 heterocycles. The Morgan fingerprint density at radius 3 is 2.55 bits per heavy atom. The van der Waals surface area contributed by atoms with Gasteiger partial charge < -0.3 is 27.2 Å². The molecule has 0 atom stereocenters. The molecular formula is C22H22Cl2FN2O2-. The van der Waals surface area contributed by atoms with E-state index in [1.54, 1.807) is 24.4 Å². The molecule has 7 heteroatoms. The van der Waals surface area contributed by atoms with Gasteiger partial charge in [0, 0.05) is 31.0 Å². The molecule has 0 spiro atoms. The molecule has 0 aliphatic heterocycles. The molecule has 0 amide bonds. The largest absolute Gasteiger partial charge is 1.00 e. The first-order chi connectivity index (χ1) is 13.7. The summed E-state index contributed by atoms with van der Waals surface area (Å²) in [7, 11) is 0. The number of pyridine rings is 1. The SMILES string of the molecule is CCOc1cc(CNCc2cccnc2)cc(Cl)c1OCc1ccccc1F.[Cl-]. The number of rotatable bonds is 9. The smallest absolute Gasteiger partial charge is 0.180 e. The highest BCUT2D eigenvalue weighted by atomic mass is 35.5. The fraction of sp³-hybridized carbons (Fsp3) is 0.227. The molecule has 3 aromatic rings. The average Bonchev–Trinajstić information content (AvgIpc) is 2.70. The summed E-state index contributed by atoms with van der Waals surface area (Å²) in [4.78, 5) is 4.10. The number of aromatic nitrogens is 1. The molecule has 0 radical (unpaired) electrons. The summed E-state index contributed by atoms with van der Waals surface area (Å²) in [5, 5.41) is 3.79. The van der Waals surface area contributed by atoms with E-state index in [4.69, 9.17) is 21.1 Å². The van der Waals surface area contributed by atoms with Crippen molar-refractivity contribution in [2.45, 2.75) is 26.6 Å². The summed E-state index contributed by atoms with van der Waals surface area (Å²) < 4.78 is 25.3. The summed E-state index contributed by atoms with van der Waals surface area (Å²) in [5.41, 5.74) is 2.53. The van der Waals surface area contributed by atoms with Crippen molar-refractivity contribution in [1.82, 2.24) is 10.3 Å². The predicted molar refractivity (Wildman–Crippen MR) is 108 cm³/mol. The third-order valence-corrected chi connectivity index (χ3v) is 4.36. The fourth-order valence-electron chi connectivity index (χ4n) is 2.75. The van der Waals surface area contributed by atoms with Crippen LogP contribution in [0.5, 0.6) is 11.5 Å². The molecule has 0 unspecified atom stereocenters. The number of ether oxygens (including phenoxy) is 2. The summed E-state index contributed by atoms with van der Waals surface area (Å²) >= 11 is 6.44. The minimum Gasteiger partial charge on any atom is -1.00 e. The standard InChI is InChI=1S/C22H22ClFN2O2.ClH/c1-2-27-21-11-17(14-26-13-16-6-5-9-25-12-16)10-19(23)22(21)28-15-18-7-3-4-8-20(18)24;/h3-12,26H,2,13-15H2,1H3;1H/p-1. The molecule has 0 saturated heterocycles. The second-order valence-electron chi connectivity index (χ2n) is 6.18. The summed E-state index contributed by atoms with van der Waals surface area (Å²) in [5.74, 6) is 0.653. The van der Waals surface area contributed by atoms with Gasteiger partial charge in [-0.25, -0.2) is 4.39 Å². The molecule has 3 rings (SSSR count). The van der Waals surface area contributed by atoms with E-state index in [9.17, 15) is 4.39 Å². The summed E-state index contributed by atoms with van der Waals surface area (Å²) in [6, 6.07) is 14.1. The number of nitrogens with zero attached hydrogens (tertiary/aromatic N) is 1. The Kier molecular flexibility index (Phi) is 9.19. The Bertz CT molecular complexity index is 911. The Labute approximate surface area is 181 Å². The van der Waals surface area contributed by atoms with Crippen molar-refractivity contribution in [2.75, 3.05) is 6.61 Å². The van der Waals surface area contributed by atoms with Crippen LogP contribution in [-0.2, 0) is 19.7 Å². The Morgan fingerprint density at radius 2 is 1.83 bits per heavy atom. The van der Waals surface area contributed by atoms with Gasteiger partial charge in [0.1, 0.15) is 12.4 Å². The van der Waals surface area contributed by atoms with Crippen molar-refractivity contribution in [3.8, 4) is 11.5 Å². The molecule has 2 aromatic carbocycles. The van der Waals surface area contributed by atoms with Crippen molar-refractivity contribution >= 4 is 11.6 Å². The van der Waals surface area contributed by atoms with E-state index in [1.165, 1.54) is 6.07 Å². The molecule has 0 fully saturated rings. The van der Waals surface area contributed by atoms with E-state index in [0.717, 1.165) is 11.1 Å². The topological polar surface area (TPSA) is 43.4 Å². The van der Waals surface area contributed by atoms with Crippen LogP contribution < -0.4 is 27.2 Å². The lowest BCUT2D eigenvalue weighted by Crippen LogP contribution is -3.00. The van der Waals surface area contributed by atoms with Gasteiger partial charge in [0.05, 0.1) is 11.6 Å². The number of hydrogen-bond donors (Lipinski definition) is 1. The molecule has 0 bridgehead atoms. The van der Waals surface area contributed by atoms with Gasteiger partial charge in [0.2, 0.25) is 0 Å². The van der Waals surface area contributed by atoms with Crippen molar-refractivity contribution in [3.63, 3.8) is 0 Å². The molecule has 154 valence electrons. The maximum atomic E-state index is 13.8. The molecule has 0 aliphatic rings. The third-order valence-electron chi connectivity index (χ3n) is 4.08. The van der Waals surface area contributed by atoms with Crippen LogP contribution in [0.3, 0.4) is 0 Å². The van der Waals surface area contributed by atoms with Crippen LogP contribution in [0.25, 0.3) is 0 Å². The van der Waals surface area contributed by atoms with E-state index in [-0.39, 0.29) is 24.8 Å². The van der Waals surface area contributed by atoms with Crippen molar-refractivity contribution in [2.24, 2.45) is 0 Å². The Hall–Kier alpha value is -2.34. The minimum absolute atomic E-state index is 0. The van der Waals surface area contributed by atoms with Crippen LogP contribution in [0.15, 0.2) is 60.9 Å². The molecule has 4 nitrogen and oxygen atoms in total. The zero-order valence-electron chi connectivity index (χ0n) is 16.0. The van der Waals surface area contributed by atoms with Gasteiger partial charge in [-0.1, -0.05) is 35.9 Å². The quantitative estimate of drug-likeness (QED) is 0.559. The van der Waals surface area contributed by atoms with Crippen molar-refractivity contribution in [3.05, 3.63) is 88.5 Å². The van der Waals surface area contributed by atoms with E-state index in [2.05, 4.69) is 10.3 Å². The van der Waals surface area contributed by atoms with Crippen molar-refractivity contribution in [1.29, 1.82) is 0 Å². The number of halogens is 3. The first-order valence-corrected chi connectivity index (χ1v) is 9.46. The molecule has 0 aliphatic carbocycles. The lowest BCUT2D eigenvalue weighted by atomic mass is 10.2. The lowest BCUT2D eigenvalue weighted by molar-refractivity contribution is -0.00000705. The highest BCUT2D eigenvalue weighted by Gasteiger charge is 2.14. The highest BCUT2D eigenvalue weighted by Crippen LogP contribution is 2.37. The zero-order chi connectivity index (χ0) is 19.8. The maximum absolute atomic E-state index is 13.8. The predicted octanol–water partition coefficient (Wildman–Crippen LogP) is 2.15. The third kappa shape index (κ3) is 6.60. The van der Waals surface area contributed by atoms with Gasteiger partial charge >= 0.3 is 0 Å². The second-order valence-corrected chi connectivity index (χ2v) is 6.59. The Balaban J connectivity index is 0.00000300. The van der Waals surface area contributed by atoms with Gasteiger partial charge in [-0.2, -0.15) is 0 Å². The molecule has 29 heavy (non-hydrogen) atoms.